The predicted octanol–water partition coefficient (Wildman–Crippen LogP) is 1.35. The molecule has 1 atom stereocenters. The van der Waals surface area contributed by atoms with Gasteiger partial charge in [-0.3, -0.25) is 9.48 Å². The van der Waals surface area contributed by atoms with Gasteiger partial charge in [0.15, 0.2) is 0 Å². The number of aliphatic hydroxyl groups excluding tert-OH is 1. The molecule has 0 aliphatic rings. The molecule has 0 bridgehead atoms. The summed E-state index contributed by atoms with van der Waals surface area (Å²) in [5.74, 6) is -0.184. The first kappa shape index (κ1) is 17.7. The fraction of sp³-hybridized carbons (Fsp3) is 0.375. The molecule has 124 valence electrons. The summed E-state index contributed by atoms with van der Waals surface area (Å²) in [5.41, 5.74) is 1.64. The second kappa shape index (κ2) is 8.24. The van der Waals surface area contributed by atoms with Crippen LogP contribution >= 0.6 is 15.9 Å². The Morgan fingerprint density at radius 3 is 2.65 bits per heavy atom. The first-order valence-corrected chi connectivity index (χ1v) is 8.11. The van der Waals surface area contributed by atoms with Crippen LogP contribution in [0.25, 0.3) is 0 Å². The van der Waals surface area contributed by atoms with Crippen molar-refractivity contribution in [2.24, 2.45) is 0 Å². The number of halogens is 1. The van der Waals surface area contributed by atoms with Gasteiger partial charge in [-0.15, -0.1) is 0 Å². The summed E-state index contributed by atoms with van der Waals surface area (Å²) in [4.78, 5) is 13.9. The van der Waals surface area contributed by atoms with Crippen LogP contribution in [0.3, 0.4) is 0 Å². The zero-order valence-corrected chi connectivity index (χ0v) is 14.8. The molecule has 0 aliphatic carbocycles. The van der Waals surface area contributed by atoms with Gasteiger partial charge in [0.1, 0.15) is 0 Å². The molecule has 2 rings (SSSR count). The lowest BCUT2D eigenvalue weighted by Crippen LogP contribution is -2.37. The molecular weight excluding hydrogens is 360 g/mol. The van der Waals surface area contributed by atoms with E-state index in [4.69, 9.17) is 0 Å². The molecule has 1 aromatic carbocycles. The minimum Gasteiger partial charge on any atom is -0.390 e. The monoisotopic (exact) mass is 380 g/mol. The highest BCUT2D eigenvalue weighted by Gasteiger charge is 2.10. The maximum absolute atomic E-state index is 12.0. The number of hydrogen-bond donors (Lipinski definition) is 2. The van der Waals surface area contributed by atoms with Gasteiger partial charge in [-0.25, -0.2) is 0 Å². The van der Waals surface area contributed by atoms with Crippen molar-refractivity contribution in [3.8, 4) is 0 Å². The topological polar surface area (TPSA) is 70.4 Å². The van der Waals surface area contributed by atoms with Crippen molar-refractivity contribution in [1.82, 2.24) is 20.0 Å². The Kier molecular flexibility index (Phi) is 6.32. The number of amides is 1. The van der Waals surface area contributed by atoms with Gasteiger partial charge in [-0.2, -0.15) is 5.10 Å². The fourth-order valence-corrected chi connectivity index (χ4v) is 2.50. The van der Waals surface area contributed by atoms with Gasteiger partial charge in [-0.05, 0) is 47.7 Å². The quantitative estimate of drug-likeness (QED) is 0.760. The van der Waals surface area contributed by atoms with Crippen LogP contribution in [0.5, 0.6) is 0 Å². The van der Waals surface area contributed by atoms with Gasteiger partial charge >= 0.3 is 0 Å². The van der Waals surface area contributed by atoms with Crippen LogP contribution in [-0.4, -0.2) is 59.0 Å². The van der Waals surface area contributed by atoms with Gasteiger partial charge in [0.2, 0.25) is 0 Å². The number of rotatable bonds is 7. The Labute approximate surface area is 144 Å². The first-order valence-electron chi connectivity index (χ1n) is 7.32. The van der Waals surface area contributed by atoms with E-state index in [2.05, 4.69) is 26.3 Å². The molecule has 23 heavy (non-hydrogen) atoms. The largest absolute Gasteiger partial charge is 0.390 e. The van der Waals surface area contributed by atoms with Crippen LogP contribution < -0.4 is 5.32 Å². The molecular formula is C16H21BrN4O2. The van der Waals surface area contributed by atoms with Crippen LogP contribution in [0.1, 0.15) is 15.9 Å². The number of aromatic nitrogens is 2. The van der Waals surface area contributed by atoms with E-state index in [0.717, 1.165) is 10.0 Å². The van der Waals surface area contributed by atoms with E-state index in [-0.39, 0.29) is 12.5 Å². The normalized spacial score (nSPS) is 12.4. The van der Waals surface area contributed by atoms with Crippen LogP contribution in [0.2, 0.25) is 0 Å². The molecule has 1 unspecified atom stereocenters. The standard InChI is InChI=1S/C16H21BrN4O2/c1-20(2)11-15(22)8-18-16(23)13-5-3-12(4-6-13)9-21-10-14(17)7-19-21/h3-7,10,15,22H,8-9,11H2,1-2H3,(H,18,23). The summed E-state index contributed by atoms with van der Waals surface area (Å²) >= 11 is 3.36. The lowest BCUT2D eigenvalue weighted by molar-refractivity contribution is 0.0892. The van der Waals surface area contributed by atoms with E-state index in [9.17, 15) is 9.90 Å². The fourth-order valence-electron chi connectivity index (χ4n) is 2.17. The predicted molar refractivity (Wildman–Crippen MR) is 92.4 cm³/mol. The zero-order valence-electron chi connectivity index (χ0n) is 13.2. The number of carbonyl (C=O) groups excluding carboxylic acids is 1. The molecule has 7 heteroatoms. The van der Waals surface area contributed by atoms with Crippen molar-refractivity contribution in [3.63, 3.8) is 0 Å². The van der Waals surface area contributed by atoms with E-state index in [1.807, 2.05) is 42.0 Å². The van der Waals surface area contributed by atoms with Crippen molar-refractivity contribution in [1.29, 1.82) is 0 Å². The van der Waals surface area contributed by atoms with Crippen molar-refractivity contribution in [3.05, 3.63) is 52.3 Å². The van der Waals surface area contributed by atoms with E-state index in [0.29, 0.717) is 18.7 Å². The van der Waals surface area contributed by atoms with Crippen molar-refractivity contribution in [2.75, 3.05) is 27.2 Å². The number of hydrogen-bond acceptors (Lipinski definition) is 4. The lowest BCUT2D eigenvalue weighted by atomic mass is 10.1. The number of nitrogens with zero attached hydrogens (tertiary/aromatic N) is 3. The van der Waals surface area contributed by atoms with Crippen molar-refractivity contribution >= 4 is 21.8 Å². The van der Waals surface area contributed by atoms with Crippen LogP contribution in [0.4, 0.5) is 0 Å². The summed E-state index contributed by atoms with van der Waals surface area (Å²) < 4.78 is 2.75. The summed E-state index contributed by atoms with van der Waals surface area (Å²) in [6.45, 7) is 1.40. The molecule has 0 fully saturated rings. The third kappa shape index (κ3) is 5.78. The van der Waals surface area contributed by atoms with Gasteiger partial charge in [0.25, 0.3) is 5.91 Å². The molecule has 0 aliphatic heterocycles. The summed E-state index contributed by atoms with van der Waals surface area (Å²) in [7, 11) is 3.75. The highest BCUT2D eigenvalue weighted by molar-refractivity contribution is 9.10. The average molecular weight is 381 g/mol. The van der Waals surface area contributed by atoms with Gasteiger partial charge < -0.3 is 15.3 Å². The first-order chi connectivity index (χ1) is 10.9. The summed E-state index contributed by atoms with van der Waals surface area (Å²) in [5, 5.41) is 16.7. The highest BCUT2D eigenvalue weighted by Crippen LogP contribution is 2.10. The molecule has 0 radical (unpaired) electrons. The van der Waals surface area contributed by atoms with E-state index in [1.54, 1.807) is 18.3 Å². The Morgan fingerprint density at radius 2 is 2.09 bits per heavy atom. The second-order valence-electron chi connectivity index (χ2n) is 5.68. The third-order valence-corrected chi connectivity index (χ3v) is 3.65. The molecule has 2 aromatic rings. The smallest absolute Gasteiger partial charge is 0.251 e. The molecule has 6 nitrogen and oxygen atoms in total. The Bertz CT molecular complexity index is 640. The minimum atomic E-state index is -0.577. The van der Waals surface area contributed by atoms with E-state index >= 15 is 0 Å². The molecule has 1 amide bonds. The third-order valence-electron chi connectivity index (χ3n) is 3.24. The van der Waals surface area contributed by atoms with Crippen molar-refractivity contribution < 1.29 is 9.90 Å². The molecule has 0 saturated carbocycles. The summed E-state index contributed by atoms with van der Waals surface area (Å²) in [6, 6.07) is 7.37. The zero-order chi connectivity index (χ0) is 16.8. The van der Waals surface area contributed by atoms with Gasteiger partial charge in [-0.1, -0.05) is 12.1 Å². The Morgan fingerprint density at radius 1 is 1.39 bits per heavy atom. The molecule has 0 saturated heterocycles. The number of nitrogens with one attached hydrogen (secondary N) is 1. The molecule has 2 N–H and O–H groups in total. The van der Waals surface area contributed by atoms with E-state index in [1.165, 1.54) is 0 Å². The summed E-state index contributed by atoms with van der Waals surface area (Å²) in [6.07, 6.45) is 3.06. The number of likely N-dealkylation sites (N-methyl/N-ethyl adjacent to an activating group) is 1. The number of aliphatic hydroxyl groups is 1. The second-order valence-corrected chi connectivity index (χ2v) is 6.59. The van der Waals surface area contributed by atoms with Gasteiger partial charge in [0.05, 0.1) is 23.3 Å². The number of benzene rings is 1. The molecule has 1 aromatic heterocycles. The number of carbonyl (C=O) groups is 1. The minimum absolute atomic E-state index is 0.184. The van der Waals surface area contributed by atoms with Crippen LogP contribution in [0.15, 0.2) is 41.1 Å². The molecule has 0 spiro atoms. The van der Waals surface area contributed by atoms with Gasteiger partial charge in [0, 0.05) is 24.8 Å². The Hall–Kier alpha value is -1.70. The van der Waals surface area contributed by atoms with Crippen molar-refractivity contribution in [2.45, 2.75) is 12.6 Å². The van der Waals surface area contributed by atoms with E-state index < -0.39 is 6.10 Å². The maximum Gasteiger partial charge on any atom is 0.251 e. The molecule has 1 heterocycles. The van der Waals surface area contributed by atoms with Crippen LogP contribution in [-0.2, 0) is 6.54 Å². The Balaban J connectivity index is 1.87. The maximum atomic E-state index is 12.0. The lowest BCUT2D eigenvalue weighted by Gasteiger charge is -2.16. The highest BCUT2D eigenvalue weighted by atomic mass is 79.9. The van der Waals surface area contributed by atoms with Crippen LogP contribution in [0, 0.1) is 0 Å². The average Bonchev–Trinajstić information content (AvgIpc) is 2.90. The SMILES string of the molecule is CN(C)CC(O)CNC(=O)c1ccc(Cn2cc(Br)cn2)cc1.